The number of ether oxygens (including phenoxy) is 4. The summed E-state index contributed by atoms with van der Waals surface area (Å²) in [7, 11) is 5.89. The molecule has 0 saturated heterocycles. The number of nitrogens with zero attached hydrogens (tertiary/aromatic N) is 1. The van der Waals surface area contributed by atoms with Gasteiger partial charge in [0, 0.05) is 12.8 Å². The maximum absolute atomic E-state index is 12.7. The Labute approximate surface area is 381 Å². The smallest absolute Gasteiger partial charge is 0.306 e. The van der Waals surface area contributed by atoms with Crippen molar-refractivity contribution in [1.29, 1.82) is 0 Å². The lowest BCUT2D eigenvalue weighted by Gasteiger charge is -2.26. The fourth-order valence-electron chi connectivity index (χ4n) is 6.96. The summed E-state index contributed by atoms with van der Waals surface area (Å²) in [4.78, 5) is 37.0. The molecule has 0 saturated carbocycles. The van der Waals surface area contributed by atoms with Crippen molar-refractivity contribution < 1.29 is 42.9 Å². The summed E-state index contributed by atoms with van der Waals surface area (Å²) < 4.78 is 22.5. The number of esters is 2. The first-order chi connectivity index (χ1) is 30.1. The second kappa shape index (κ2) is 44.8. The SMILES string of the molecule is CC/C=C\C/C=C\C/C=C\C/C=C\CCC(=O)OC(COC(=O)CCCCCCCCCCCCCCCCCCCCCCCCCC)COC(OCC[N+](C)(C)C)C(=O)[O-]. The van der Waals surface area contributed by atoms with E-state index in [1.165, 1.54) is 135 Å². The molecule has 0 spiro atoms. The molecule has 0 aliphatic heterocycles. The topological polar surface area (TPSA) is 111 Å². The predicted octanol–water partition coefficient (Wildman–Crippen LogP) is 12.6. The molecular weight excluding hydrogens is 779 g/mol. The van der Waals surface area contributed by atoms with Crippen molar-refractivity contribution in [3.63, 3.8) is 0 Å². The van der Waals surface area contributed by atoms with Crippen LogP contribution in [0.15, 0.2) is 48.6 Å². The average molecular weight is 874 g/mol. The number of carboxylic acids is 1. The number of quaternary nitrogens is 1. The van der Waals surface area contributed by atoms with Crippen molar-refractivity contribution in [1.82, 2.24) is 0 Å². The van der Waals surface area contributed by atoms with Crippen LogP contribution in [0.4, 0.5) is 0 Å². The number of likely N-dealkylation sites (N-methyl/N-ethyl adjacent to an activating group) is 1. The van der Waals surface area contributed by atoms with Gasteiger partial charge in [-0.15, -0.1) is 0 Å². The van der Waals surface area contributed by atoms with Gasteiger partial charge in [0.2, 0.25) is 0 Å². The van der Waals surface area contributed by atoms with Gasteiger partial charge in [-0.2, -0.15) is 0 Å². The van der Waals surface area contributed by atoms with Gasteiger partial charge in [-0.3, -0.25) is 9.59 Å². The fraction of sp³-hybridized carbons (Fsp3) is 0.792. The molecule has 0 radical (unpaired) electrons. The van der Waals surface area contributed by atoms with E-state index in [-0.39, 0.29) is 38.6 Å². The Morgan fingerprint density at radius 3 is 1.34 bits per heavy atom. The lowest BCUT2D eigenvalue weighted by molar-refractivity contribution is -0.870. The largest absolute Gasteiger partial charge is 0.545 e. The lowest BCUT2D eigenvalue weighted by atomic mass is 10.0. The monoisotopic (exact) mass is 874 g/mol. The number of hydrogen-bond donors (Lipinski definition) is 0. The fourth-order valence-corrected chi connectivity index (χ4v) is 6.96. The van der Waals surface area contributed by atoms with E-state index in [4.69, 9.17) is 18.9 Å². The molecule has 9 heteroatoms. The molecule has 0 aliphatic carbocycles. The Hall–Kier alpha value is -2.75. The first kappa shape index (κ1) is 59.2. The molecular formula is C53H95NO8. The third kappa shape index (κ3) is 45.3. The molecule has 9 nitrogen and oxygen atoms in total. The lowest BCUT2D eigenvalue weighted by Crippen LogP contribution is -2.44. The first-order valence-electron chi connectivity index (χ1n) is 25.3. The highest BCUT2D eigenvalue weighted by molar-refractivity contribution is 5.70. The van der Waals surface area contributed by atoms with Gasteiger partial charge in [0.1, 0.15) is 13.2 Å². The minimum absolute atomic E-state index is 0.127. The highest BCUT2D eigenvalue weighted by atomic mass is 16.7. The van der Waals surface area contributed by atoms with Gasteiger partial charge in [-0.1, -0.05) is 210 Å². The second-order valence-electron chi connectivity index (χ2n) is 18.1. The van der Waals surface area contributed by atoms with Crippen LogP contribution in [0.3, 0.4) is 0 Å². The summed E-state index contributed by atoms with van der Waals surface area (Å²) in [5.74, 6) is -2.39. The Kier molecular flexibility index (Phi) is 42.9. The molecule has 0 aromatic carbocycles. The van der Waals surface area contributed by atoms with Gasteiger partial charge in [0.05, 0.1) is 40.3 Å². The van der Waals surface area contributed by atoms with E-state index in [2.05, 4.69) is 50.3 Å². The molecule has 0 aromatic rings. The van der Waals surface area contributed by atoms with Crippen LogP contribution in [0.5, 0.6) is 0 Å². The van der Waals surface area contributed by atoms with Gasteiger partial charge >= 0.3 is 11.9 Å². The van der Waals surface area contributed by atoms with Crippen molar-refractivity contribution in [2.45, 2.75) is 225 Å². The average Bonchev–Trinajstić information content (AvgIpc) is 3.23. The molecule has 360 valence electrons. The highest BCUT2D eigenvalue weighted by Crippen LogP contribution is 2.16. The van der Waals surface area contributed by atoms with Crippen LogP contribution in [-0.2, 0) is 33.3 Å². The van der Waals surface area contributed by atoms with Crippen LogP contribution in [0.1, 0.15) is 213 Å². The quantitative estimate of drug-likeness (QED) is 0.0195. The molecule has 2 atom stereocenters. The van der Waals surface area contributed by atoms with Crippen LogP contribution < -0.4 is 5.11 Å². The van der Waals surface area contributed by atoms with E-state index in [0.717, 1.165) is 44.9 Å². The molecule has 0 N–H and O–H groups in total. The molecule has 2 unspecified atom stereocenters. The summed E-state index contributed by atoms with van der Waals surface area (Å²) in [5, 5.41) is 11.7. The zero-order valence-corrected chi connectivity index (χ0v) is 40.7. The molecule has 0 bridgehead atoms. The van der Waals surface area contributed by atoms with E-state index in [1.807, 2.05) is 33.3 Å². The molecule has 0 aromatic heterocycles. The normalized spacial score (nSPS) is 13.2. The van der Waals surface area contributed by atoms with E-state index in [9.17, 15) is 19.5 Å². The predicted molar refractivity (Wildman–Crippen MR) is 255 cm³/mol. The summed E-state index contributed by atoms with van der Waals surface area (Å²) in [6, 6.07) is 0. The van der Waals surface area contributed by atoms with E-state index < -0.39 is 24.3 Å². The molecule has 0 amide bonds. The van der Waals surface area contributed by atoms with Crippen molar-refractivity contribution in [3.8, 4) is 0 Å². The number of carboxylic acid groups (broad SMARTS) is 1. The van der Waals surface area contributed by atoms with Gasteiger partial charge in [-0.05, 0) is 38.5 Å². The van der Waals surface area contributed by atoms with Crippen molar-refractivity contribution in [3.05, 3.63) is 48.6 Å². The van der Waals surface area contributed by atoms with Gasteiger partial charge in [0.25, 0.3) is 0 Å². The third-order valence-electron chi connectivity index (χ3n) is 10.9. The molecule has 62 heavy (non-hydrogen) atoms. The Morgan fingerprint density at radius 2 is 0.919 bits per heavy atom. The summed E-state index contributed by atoms with van der Waals surface area (Å²) in [6.45, 7) is 4.56. The Balaban J connectivity index is 4.27. The van der Waals surface area contributed by atoms with Crippen LogP contribution in [0, 0.1) is 0 Å². The molecule has 0 heterocycles. The highest BCUT2D eigenvalue weighted by Gasteiger charge is 2.21. The van der Waals surface area contributed by atoms with Crippen LogP contribution in [0.25, 0.3) is 0 Å². The second-order valence-corrected chi connectivity index (χ2v) is 18.1. The van der Waals surface area contributed by atoms with Crippen LogP contribution >= 0.6 is 0 Å². The number of rotatable bonds is 46. The van der Waals surface area contributed by atoms with Gasteiger partial charge < -0.3 is 33.3 Å². The number of allylic oxidation sites excluding steroid dienone is 8. The molecule has 0 aliphatic rings. The van der Waals surface area contributed by atoms with Crippen molar-refractivity contribution in [2.75, 3.05) is 47.5 Å². The summed E-state index contributed by atoms with van der Waals surface area (Å²) in [6.07, 6.45) is 50.4. The van der Waals surface area contributed by atoms with Gasteiger partial charge in [-0.25, -0.2) is 0 Å². The number of aliphatic carboxylic acids is 1. The van der Waals surface area contributed by atoms with E-state index in [1.54, 1.807) is 0 Å². The number of carbonyl (C=O) groups excluding carboxylic acids is 3. The molecule has 0 fully saturated rings. The maximum atomic E-state index is 12.7. The third-order valence-corrected chi connectivity index (χ3v) is 10.9. The standard InChI is InChI=1S/C53H95NO8/c1-6-8-10-12-14-16-18-20-21-22-23-24-25-26-27-28-29-30-32-33-35-37-39-41-43-50(55)60-47-49(48-61-53(52(57)58)59-46-45-54(3,4)5)62-51(56)44-42-40-38-36-34-31-19-17-15-13-11-9-7-2/h9,11,15,17,31,34,38,40,49,53H,6-8,10,12-14,16,18-30,32-33,35-37,39,41-48H2,1-5H3/b11-9-,17-15-,34-31-,40-38-. The van der Waals surface area contributed by atoms with Crippen molar-refractivity contribution >= 4 is 17.9 Å². The minimum atomic E-state index is -1.64. The zero-order valence-electron chi connectivity index (χ0n) is 40.7. The Bertz CT molecular complexity index is 1160. The maximum Gasteiger partial charge on any atom is 0.306 e. The van der Waals surface area contributed by atoms with E-state index >= 15 is 0 Å². The van der Waals surface area contributed by atoms with Crippen LogP contribution in [-0.4, -0.2) is 82.3 Å². The molecule has 0 rings (SSSR count). The van der Waals surface area contributed by atoms with Crippen molar-refractivity contribution in [2.24, 2.45) is 0 Å². The zero-order chi connectivity index (χ0) is 45.6. The first-order valence-corrected chi connectivity index (χ1v) is 25.3. The number of hydrogen-bond acceptors (Lipinski definition) is 8. The minimum Gasteiger partial charge on any atom is -0.545 e. The van der Waals surface area contributed by atoms with E-state index in [0.29, 0.717) is 17.4 Å². The summed E-state index contributed by atoms with van der Waals surface area (Å²) in [5.41, 5.74) is 0. The number of unbranched alkanes of at least 4 members (excludes halogenated alkanes) is 23. The Morgan fingerprint density at radius 1 is 0.500 bits per heavy atom. The number of carbonyl (C=O) groups is 3. The van der Waals surface area contributed by atoms with Crippen LogP contribution in [0.2, 0.25) is 0 Å². The van der Waals surface area contributed by atoms with Gasteiger partial charge in [0.15, 0.2) is 12.4 Å². The summed E-state index contributed by atoms with van der Waals surface area (Å²) >= 11 is 0.